The average Bonchev–Trinajstić information content (AvgIpc) is 2.59. The Labute approximate surface area is 114 Å². The van der Waals surface area contributed by atoms with Crippen LogP contribution in [0.3, 0.4) is 0 Å². The molecule has 0 saturated carbocycles. The lowest BCUT2D eigenvalue weighted by Crippen LogP contribution is -2.14. The average molecular weight is 272 g/mol. The summed E-state index contributed by atoms with van der Waals surface area (Å²) in [6.07, 6.45) is 1.23. The summed E-state index contributed by atoms with van der Waals surface area (Å²) in [6.45, 7) is 7.83. The summed E-state index contributed by atoms with van der Waals surface area (Å²) in [6, 6.07) is 3.87. The van der Waals surface area contributed by atoms with Crippen molar-refractivity contribution in [1.29, 1.82) is 0 Å². The summed E-state index contributed by atoms with van der Waals surface area (Å²) >= 11 is 12.3. The molecule has 17 heavy (non-hydrogen) atoms. The molecule has 3 heteroatoms. The van der Waals surface area contributed by atoms with E-state index in [9.17, 15) is 0 Å². The fourth-order valence-corrected chi connectivity index (χ4v) is 3.39. The van der Waals surface area contributed by atoms with E-state index in [-0.39, 0.29) is 0 Å². The van der Waals surface area contributed by atoms with Crippen molar-refractivity contribution in [3.63, 3.8) is 0 Å². The van der Waals surface area contributed by atoms with Crippen LogP contribution in [0.25, 0.3) is 0 Å². The fraction of sp³-hybridized carbons (Fsp3) is 0.571. The molecule has 2 rings (SSSR count). The summed E-state index contributed by atoms with van der Waals surface area (Å²) in [5, 5.41) is 4.89. The molecule has 1 aromatic carbocycles. The number of benzene rings is 1. The van der Waals surface area contributed by atoms with Crippen LogP contribution in [0.2, 0.25) is 10.0 Å². The Morgan fingerprint density at radius 2 is 2.00 bits per heavy atom. The number of nitrogens with one attached hydrogen (secondary N) is 1. The van der Waals surface area contributed by atoms with E-state index < -0.39 is 0 Å². The first-order valence-electron chi connectivity index (χ1n) is 6.22. The highest BCUT2D eigenvalue weighted by molar-refractivity contribution is 6.36. The molecule has 0 amide bonds. The third-order valence-corrected chi connectivity index (χ3v) is 4.03. The molecule has 0 fully saturated rings. The van der Waals surface area contributed by atoms with Crippen molar-refractivity contribution < 1.29 is 0 Å². The van der Waals surface area contributed by atoms with E-state index in [0.717, 1.165) is 28.2 Å². The second-order valence-corrected chi connectivity index (χ2v) is 6.29. The lowest BCUT2D eigenvalue weighted by molar-refractivity contribution is 0.388. The standard InChI is InChI=1S/C14H19Cl2N/c1-8(2)4-9(3)12-7-17-14-11(12)5-10(15)6-13(14)16/h5-6,8-9,12,17H,4,7H2,1-3H3. The van der Waals surface area contributed by atoms with E-state index in [0.29, 0.717) is 11.8 Å². The highest BCUT2D eigenvalue weighted by Crippen LogP contribution is 2.43. The number of fused-ring (bicyclic) bond motifs is 1. The second-order valence-electron chi connectivity index (χ2n) is 5.45. The Kier molecular flexibility index (Phi) is 3.89. The van der Waals surface area contributed by atoms with Crippen molar-refractivity contribution in [2.45, 2.75) is 33.1 Å². The van der Waals surface area contributed by atoms with E-state index in [1.54, 1.807) is 0 Å². The molecule has 1 nitrogen and oxygen atoms in total. The van der Waals surface area contributed by atoms with Crippen LogP contribution >= 0.6 is 23.2 Å². The third kappa shape index (κ3) is 2.71. The van der Waals surface area contributed by atoms with Crippen LogP contribution < -0.4 is 5.32 Å². The van der Waals surface area contributed by atoms with Crippen LogP contribution in [-0.2, 0) is 0 Å². The summed E-state index contributed by atoms with van der Waals surface area (Å²) in [5.41, 5.74) is 2.37. The number of hydrogen-bond donors (Lipinski definition) is 1. The topological polar surface area (TPSA) is 12.0 Å². The van der Waals surface area contributed by atoms with E-state index in [1.165, 1.54) is 12.0 Å². The van der Waals surface area contributed by atoms with Crippen molar-refractivity contribution in [1.82, 2.24) is 0 Å². The maximum Gasteiger partial charge on any atom is 0.0655 e. The molecule has 1 heterocycles. The lowest BCUT2D eigenvalue weighted by Gasteiger charge is -2.21. The predicted molar refractivity (Wildman–Crippen MR) is 76.3 cm³/mol. The van der Waals surface area contributed by atoms with Gasteiger partial charge in [0.15, 0.2) is 0 Å². The molecule has 0 saturated heterocycles. The van der Waals surface area contributed by atoms with Crippen molar-refractivity contribution in [2.75, 3.05) is 11.9 Å². The largest absolute Gasteiger partial charge is 0.383 e. The van der Waals surface area contributed by atoms with Gasteiger partial charge in [-0.2, -0.15) is 0 Å². The normalized spacial score (nSPS) is 20.2. The zero-order chi connectivity index (χ0) is 12.6. The van der Waals surface area contributed by atoms with Crippen molar-refractivity contribution >= 4 is 28.9 Å². The van der Waals surface area contributed by atoms with Crippen LogP contribution in [0.4, 0.5) is 5.69 Å². The van der Waals surface area contributed by atoms with Crippen molar-refractivity contribution in [3.8, 4) is 0 Å². The van der Waals surface area contributed by atoms with Gasteiger partial charge in [0, 0.05) is 17.5 Å². The molecule has 0 bridgehead atoms. The first-order chi connectivity index (χ1) is 7.99. The summed E-state index contributed by atoms with van der Waals surface area (Å²) < 4.78 is 0. The van der Waals surface area contributed by atoms with Crippen LogP contribution in [0.5, 0.6) is 0 Å². The molecule has 1 aliphatic heterocycles. The van der Waals surface area contributed by atoms with Crippen molar-refractivity contribution in [3.05, 3.63) is 27.7 Å². The minimum absolute atomic E-state index is 0.531. The molecule has 0 radical (unpaired) electrons. The monoisotopic (exact) mass is 271 g/mol. The highest BCUT2D eigenvalue weighted by atomic mass is 35.5. The van der Waals surface area contributed by atoms with Gasteiger partial charge in [-0.15, -0.1) is 0 Å². The molecular formula is C14H19Cl2N. The van der Waals surface area contributed by atoms with Gasteiger partial charge in [0.25, 0.3) is 0 Å². The first-order valence-corrected chi connectivity index (χ1v) is 6.97. The smallest absolute Gasteiger partial charge is 0.0655 e. The van der Waals surface area contributed by atoms with Crippen LogP contribution in [-0.4, -0.2) is 6.54 Å². The Morgan fingerprint density at radius 3 is 2.65 bits per heavy atom. The van der Waals surface area contributed by atoms with E-state index in [4.69, 9.17) is 23.2 Å². The molecule has 0 spiro atoms. The molecule has 1 aliphatic rings. The summed E-state index contributed by atoms with van der Waals surface area (Å²) in [7, 11) is 0. The number of anilines is 1. The molecule has 0 aliphatic carbocycles. The lowest BCUT2D eigenvalue weighted by atomic mass is 9.83. The molecule has 2 atom stereocenters. The molecule has 1 N–H and O–H groups in total. The molecular weight excluding hydrogens is 253 g/mol. The molecule has 2 unspecified atom stereocenters. The number of rotatable bonds is 3. The Morgan fingerprint density at radius 1 is 1.29 bits per heavy atom. The highest BCUT2D eigenvalue weighted by Gasteiger charge is 2.29. The van der Waals surface area contributed by atoms with E-state index >= 15 is 0 Å². The van der Waals surface area contributed by atoms with Gasteiger partial charge in [0.2, 0.25) is 0 Å². The Bertz CT molecular complexity index is 415. The summed E-state index contributed by atoms with van der Waals surface area (Å²) in [4.78, 5) is 0. The van der Waals surface area contributed by atoms with Gasteiger partial charge >= 0.3 is 0 Å². The van der Waals surface area contributed by atoms with Crippen LogP contribution in [0, 0.1) is 11.8 Å². The van der Waals surface area contributed by atoms with Crippen LogP contribution in [0.15, 0.2) is 12.1 Å². The first kappa shape index (κ1) is 13.0. The number of halogens is 2. The second kappa shape index (κ2) is 5.07. The molecule has 0 aromatic heterocycles. The number of hydrogen-bond acceptors (Lipinski definition) is 1. The molecule has 1 aromatic rings. The minimum Gasteiger partial charge on any atom is -0.383 e. The molecule has 94 valence electrons. The van der Waals surface area contributed by atoms with Gasteiger partial charge in [-0.25, -0.2) is 0 Å². The van der Waals surface area contributed by atoms with Gasteiger partial charge in [-0.3, -0.25) is 0 Å². The van der Waals surface area contributed by atoms with Gasteiger partial charge in [-0.1, -0.05) is 44.0 Å². The zero-order valence-electron chi connectivity index (χ0n) is 10.6. The van der Waals surface area contributed by atoms with Crippen LogP contribution in [0.1, 0.15) is 38.7 Å². The van der Waals surface area contributed by atoms with Gasteiger partial charge < -0.3 is 5.32 Å². The Hall–Kier alpha value is -0.400. The van der Waals surface area contributed by atoms with E-state index in [1.807, 2.05) is 6.07 Å². The minimum atomic E-state index is 0.531. The van der Waals surface area contributed by atoms with Crippen molar-refractivity contribution in [2.24, 2.45) is 11.8 Å². The zero-order valence-corrected chi connectivity index (χ0v) is 12.1. The maximum absolute atomic E-state index is 6.20. The predicted octanol–water partition coefficient (Wildman–Crippen LogP) is 5.18. The van der Waals surface area contributed by atoms with Gasteiger partial charge in [0.05, 0.1) is 10.7 Å². The SMILES string of the molecule is CC(C)CC(C)C1CNc2c(Cl)cc(Cl)cc21. The maximum atomic E-state index is 6.20. The third-order valence-electron chi connectivity index (χ3n) is 3.51. The van der Waals surface area contributed by atoms with Gasteiger partial charge in [-0.05, 0) is 36.0 Å². The summed E-state index contributed by atoms with van der Waals surface area (Å²) in [5.74, 6) is 1.91. The quantitative estimate of drug-likeness (QED) is 0.798. The Balaban J connectivity index is 2.27. The van der Waals surface area contributed by atoms with E-state index in [2.05, 4.69) is 32.2 Å². The van der Waals surface area contributed by atoms with Gasteiger partial charge in [0.1, 0.15) is 0 Å². The fourth-order valence-electron chi connectivity index (χ4n) is 2.81.